The van der Waals surface area contributed by atoms with Crippen LogP contribution in [0.4, 0.5) is 5.69 Å². The lowest BCUT2D eigenvalue weighted by molar-refractivity contribution is -0.116. The van der Waals surface area contributed by atoms with Crippen molar-refractivity contribution >= 4 is 22.6 Å². The molecular weight excluding hydrogens is 300 g/mol. The number of carbonyl (C=O) groups is 1. The number of rotatable bonds is 3. The summed E-state index contributed by atoms with van der Waals surface area (Å²) < 4.78 is 1.92. The molecule has 0 fully saturated rings. The van der Waals surface area contributed by atoms with Crippen LogP contribution in [0, 0.1) is 32.1 Å². The Hall–Kier alpha value is -3.13. The van der Waals surface area contributed by atoms with Crippen molar-refractivity contribution in [2.45, 2.75) is 27.3 Å². The van der Waals surface area contributed by atoms with Crippen LogP contribution in [-0.2, 0) is 11.3 Å². The zero-order chi connectivity index (χ0) is 17.3. The van der Waals surface area contributed by atoms with E-state index in [1.807, 2.05) is 17.6 Å². The van der Waals surface area contributed by atoms with E-state index >= 15 is 0 Å². The van der Waals surface area contributed by atoms with E-state index in [4.69, 9.17) is 5.26 Å². The first-order valence-corrected chi connectivity index (χ1v) is 7.72. The summed E-state index contributed by atoms with van der Waals surface area (Å²) in [6.07, 6.45) is 0. The van der Waals surface area contributed by atoms with Crippen molar-refractivity contribution in [3.63, 3.8) is 0 Å². The van der Waals surface area contributed by atoms with Crippen LogP contribution in [0.25, 0.3) is 11.0 Å². The van der Waals surface area contributed by atoms with Crippen LogP contribution in [0.5, 0.6) is 0 Å². The molecule has 0 saturated carbocycles. The number of nitrogens with one attached hydrogen (secondary N) is 1. The average molecular weight is 318 g/mol. The molecule has 0 bridgehead atoms. The molecule has 1 amide bonds. The Balaban J connectivity index is 1.83. The highest BCUT2D eigenvalue weighted by molar-refractivity contribution is 5.92. The van der Waals surface area contributed by atoms with Gasteiger partial charge in [-0.05, 0) is 68.3 Å². The molecule has 0 aliphatic carbocycles. The SMILES string of the molecule is Cc1cc2nc(C)n(CC(=O)Nc3ccc(C#N)cc3)c2cc1C. The maximum absolute atomic E-state index is 12.4. The number of nitriles is 1. The maximum atomic E-state index is 12.4. The summed E-state index contributed by atoms with van der Waals surface area (Å²) in [4.78, 5) is 16.9. The highest BCUT2D eigenvalue weighted by Crippen LogP contribution is 2.20. The van der Waals surface area contributed by atoms with Crippen molar-refractivity contribution in [2.24, 2.45) is 0 Å². The zero-order valence-corrected chi connectivity index (χ0v) is 13.9. The van der Waals surface area contributed by atoms with Crippen LogP contribution in [0.2, 0.25) is 0 Å². The minimum Gasteiger partial charge on any atom is -0.325 e. The number of fused-ring (bicyclic) bond motifs is 1. The third-order valence-electron chi connectivity index (χ3n) is 4.15. The van der Waals surface area contributed by atoms with Gasteiger partial charge in [0, 0.05) is 5.69 Å². The number of carbonyl (C=O) groups excluding carboxylic acids is 1. The average Bonchev–Trinajstić information content (AvgIpc) is 2.84. The first-order valence-electron chi connectivity index (χ1n) is 7.72. The van der Waals surface area contributed by atoms with Gasteiger partial charge in [0.1, 0.15) is 12.4 Å². The molecule has 3 rings (SSSR count). The summed E-state index contributed by atoms with van der Waals surface area (Å²) >= 11 is 0. The number of hydrogen-bond acceptors (Lipinski definition) is 3. The van der Waals surface area contributed by atoms with Crippen LogP contribution in [0.15, 0.2) is 36.4 Å². The number of nitrogens with zero attached hydrogens (tertiary/aromatic N) is 3. The molecule has 5 heteroatoms. The molecule has 0 atom stereocenters. The van der Waals surface area contributed by atoms with E-state index in [0.29, 0.717) is 11.3 Å². The molecule has 24 heavy (non-hydrogen) atoms. The molecule has 1 aromatic heterocycles. The number of anilines is 1. The van der Waals surface area contributed by atoms with Crippen molar-refractivity contribution in [1.29, 1.82) is 5.26 Å². The Kier molecular flexibility index (Phi) is 4.05. The summed E-state index contributed by atoms with van der Waals surface area (Å²) in [5.41, 5.74) is 5.47. The lowest BCUT2D eigenvalue weighted by Gasteiger charge is -2.09. The lowest BCUT2D eigenvalue weighted by atomic mass is 10.1. The fourth-order valence-corrected chi connectivity index (χ4v) is 2.67. The summed E-state index contributed by atoms with van der Waals surface area (Å²) in [5, 5.41) is 11.7. The molecule has 0 saturated heterocycles. The molecule has 3 aromatic rings. The van der Waals surface area contributed by atoms with Gasteiger partial charge >= 0.3 is 0 Å². The third-order valence-corrected chi connectivity index (χ3v) is 4.15. The molecule has 0 aliphatic heterocycles. The van der Waals surface area contributed by atoms with Gasteiger partial charge in [-0.2, -0.15) is 5.26 Å². The quantitative estimate of drug-likeness (QED) is 0.804. The Morgan fingerprint density at radius 2 is 1.83 bits per heavy atom. The van der Waals surface area contributed by atoms with Crippen molar-refractivity contribution in [1.82, 2.24) is 9.55 Å². The Morgan fingerprint density at radius 1 is 1.17 bits per heavy atom. The maximum Gasteiger partial charge on any atom is 0.244 e. The number of imidazole rings is 1. The van der Waals surface area contributed by atoms with Crippen molar-refractivity contribution in [3.8, 4) is 6.07 Å². The van der Waals surface area contributed by atoms with Crippen molar-refractivity contribution in [2.75, 3.05) is 5.32 Å². The normalized spacial score (nSPS) is 10.6. The standard InChI is InChI=1S/C19H18N4O/c1-12-8-17-18(9-13(12)2)23(14(3)21-17)11-19(24)22-16-6-4-15(10-20)5-7-16/h4-9H,11H2,1-3H3,(H,22,24). The van der Waals surface area contributed by atoms with E-state index in [2.05, 4.69) is 36.3 Å². The molecule has 0 aliphatic rings. The van der Waals surface area contributed by atoms with E-state index in [-0.39, 0.29) is 12.5 Å². The molecule has 0 spiro atoms. The van der Waals surface area contributed by atoms with Gasteiger partial charge in [-0.15, -0.1) is 0 Å². The van der Waals surface area contributed by atoms with Gasteiger partial charge in [0.05, 0.1) is 22.7 Å². The Morgan fingerprint density at radius 3 is 2.50 bits per heavy atom. The van der Waals surface area contributed by atoms with E-state index in [0.717, 1.165) is 16.9 Å². The largest absolute Gasteiger partial charge is 0.325 e. The Labute approximate surface area is 140 Å². The van der Waals surface area contributed by atoms with Gasteiger partial charge in [0.2, 0.25) is 5.91 Å². The van der Waals surface area contributed by atoms with Crippen molar-refractivity contribution in [3.05, 3.63) is 58.9 Å². The first kappa shape index (κ1) is 15.8. The third kappa shape index (κ3) is 2.99. The number of amides is 1. The van der Waals surface area contributed by atoms with E-state index in [1.54, 1.807) is 24.3 Å². The molecule has 5 nitrogen and oxygen atoms in total. The van der Waals surface area contributed by atoms with Gasteiger partial charge in [-0.25, -0.2) is 4.98 Å². The molecular formula is C19H18N4O. The second kappa shape index (κ2) is 6.17. The van der Waals surface area contributed by atoms with Crippen LogP contribution in [0.1, 0.15) is 22.5 Å². The molecule has 120 valence electrons. The van der Waals surface area contributed by atoms with Crippen LogP contribution in [-0.4, -0.2) is 15.5 Å². The second-order valence-corrected chi connectivity index (χ2v) is 5.91. The second-order valence-electron chi connectivity index (χ2n) is 5.91. The molecule has 0 radical (unpaired) electrons. The smallest absolute Gasteiger partial charge is 0.244 e. The lowest BCUT2D eigenvalue weighted by Crippen LogP contribution is -2.19. The summed E-state index contributed by atoms with van der Waals surface area (Å²) in [7, 11) is 0. The van der Waals surface area contributed by atoms with Gasteiger partial charge in [0.15, 0.2) is 0 Å². The predicted molar refractivity (Wildman–Crippen MR) is 93.7 cm³/mol. The summed E-state index contributed by atoms with van der Waals surface area (Å²) in [6, 6.07) is 13.0. The number of hydrogen-bond donors (Lipinski definition) is 1. The van der Waals surface area contributed by atoms with Crippen LogP contribution in [0.3, 0.4) is 0 Å². The van der Waals surface area contributed by atoms with Gasteiger partial charge in [-0.3, -0.25) is 4.79 Å². The van der Waals surface area contributed by atoms with Gasteiger partial charge < -0.3 is 9.88 Å². The zero-order valence-electron chi connectivity index (χ0n) is 13.9. The summed E-state index contributed by atoms with van der Waals surface area (Å²) in [6.45, 7) is 6.21. The minimum atomic E-state index is -0.125. The first-order chi connectivity index (χ1) is 11.5. The fourth-order valence-electron chi connectivity index (χ4n) is 2.67. The molecule has 1 heterocycles. The topological polar surface area (TPSA) is 70.7 Å². The van der Waals surface area contributed by atoms with E-state index in [9.17, 15) is 4.79 Å². The Bertz CT molecular complexity index is 962. The van der Waals surface area contributed by atoms with Crippen LogP contribution >= 0.6 is 0 Å². The van der Waals surface area contributed by atoms with E-state index < -0.39 is 0 Å². The number of benzene rings is 2. The van der Waals surface area contributed by atoms with Crippen molar-refractivity contribution < 1.29 is 4.79 Å². The fraction of sp³-hybridized carbons (Fsp3) is 0.211. The molecule has 2 aromatic carbocycles. The number of aromatic nitrogens is 2. The molecule has 1 N–H and O–H groups in total. The number of aryl methyl sites for hydroxylation is 3. The molecule has 0 unspecified atom stereocenters. The summed E-state index contributed by atoms with van der Waals surface area (Å²) in [5.74, 6) is 0.685. The highest BCUT2D eigenvalue weighted by atomic mass is 16.1. The predicted octanol–water partition coefficient (Wildman–Crippen LogP) is 3.47. The van der Waals surface area contributed by atoms with Gasteiger partial charge in [0.25, 0.3) is 0 Å². The van der Waals surface area contributed by atoms with Gasteiger partial charge in [-0.1, -0.05) is 0 Å². The van der Waals surface area contributed by atoms with Crippen LogP contribution < -0.4 is 5.32 Å². The van der Waals surface area contributed by atoms with E-state index in [1.165, 1.54) is 11.1 Å². The minimum absolute atomic E-state index is 0.125. The highest BCUT2D eigenvalue weighted by Gasteiger charge is 2.12. The monoisotopic (exact) mass is 318 g/mol.